The van der Waals surface area contributed by atoms with Crippen LogP contribution in [-0.2, 0) is 19.6 Å². The monoisotopic (exact) mass is 400 g/mol. The molecule has 0 aliphatic carbocycles. The fourth-order valence-electron chi connectivity index (χ4n) is 2.85. The zero-order valence-corrected chi connectivity index (χ0v) is 16.2. The minimum Gasteiger partial charge on any atom is -0.497 e. The van der Waals surface area contributed by atoms with Gasteiger partial charge in [0.25, 0.3) is 0 Å². The zero-order valence-electron chi connectivity index (χ0n) is 15.4. The Balaban J connectivity index is 2.04. The summed E-state index contributed by atoms with van der Waals surface area (Å²) in [6.45, 7) is 0.843. The van der Waals surface area contributed by atoms with E-state index >= 15 is 0 Å². The van der Waals surface area contributed by atoms with Gasteiger partial charge in [0.1, 0.15) is 16.4 Å². The lowest BCUT2D eigenvalue weighted by Gasteiger charge is -2.34. The fourth-order valence-corrected chi connectivity index (χ4v) is 4.44. The van der Waals surface area contributed by atoms with Crippen LogP contribution in [0.25, 0.3) is 0 Å². The molecular weight excluding hydrogens is 376 g/mol. The third-order valence-corrected chi connectivity index (χ3v) is 6.28. The summed E-state index contributed by atoms with van der Waals surface area (Å²) in [7, 11) is -0.953. The highest BCUT2D eigenvalue weighted by molar-refractivity contribution is 7.89. The molecule has 1 aromatic rings. The molecule has 0 unspecified atom stereocenters. The van der Waals surface area contributed by atoms with Gasteiger partial charge in [0.15, 0.2) is 0 Å². The standard InChI is InChI=1S/C17H24N2O7S/c1-25-13-6-7-14(26-2)15(12-13)27(23,24)19-10-8-18(9-11-19)16(20)4-3-5-17(21)22/h6-7,12H,3-5,8-11H2,1-2H3,(H,21,22). The Morgan fingerprint density at radius 1 is 1.07 bits per heavy atom. The lowest BCUT2D eigenvalue weighted by molar-refractivity contribution is -0.137. The Morgan fingerprint density at radius 3 is 2.30 bits per heavy atom. The normalized spacial score (nSPS) is 15.4. The second-order valence-corrected chi connectivity index (χ2v) is 7.96. The Kier molecular flexibility index (Phi) is 7.03. The molecule has 0 saturated carbocycles. The summed E-state index contributed by atoms with van der Waals surface area (Å²) in [6.07, 6.45) is 0.353. The molecule has 27 heavy (non-hydrogen) atoms. The molecule has 2 rings (SSSR count). The molecule has 1 saturated heterocycles. The average Bonchev–Trinajstić information content (AvgIpc) is 2.67. The Morgan fingerprint density at radius 2 is 1.74 bits per heavy atom. The van der Waals surface area contributed by atoms with Gasteiger partial charge in [-0.1, -0.05) is 0 Å². The van der Waals surface area contributed by atoms with Gasteiger partial charge >= 0.3 is 5.97 Å². The lowest BCUT2D eigenvalue weighted by atomic mass is 10.2. The van der Waals surface area contributed by atoms with Crippen LogP contribution < -0.4 is 9.47 Å². The van der Waals surface area contributed by atoms with E-state index in [2.05, 4.69) is 0 Å². The van der Waals surface area contributed by atoms with Crippen molar-refractivity contribution >= 4 is 21.9 Å². The highest BCUT2D eigenvalue weighted by atomic mass is 32.2. The predicted molar refractivity (Wildman–Crippen MR) is 96.4 cm³/mol. The molecule has 10 heteroatoms. The summed E-state index contributed by atoms with van der Waals surface area (Å²) in [5, 5.41) is 8.63. The van der Waals surface area contributed by atoms with Gasteiger partial charge in [0.2, 0.25) is 15.9 Å². The van der Waals surface area contributed by atoms with Gasteiger partial charge in [0.05, 0.1) is 14.2 Å². The van der Waals surface area contributed by atoms with Crippen molar-refractivity contribution in [1.82, 2.24) is 9.21 Å². The van der Waals surface area contributed by atoms with E-state index in [9.17, 15) is 18.0 Å². The number of nitrogens with zero attached hydrogens (tertiary/aromatic N) is 2. The van der Waals surface area contributed by atoms with Crippen LogP contribution in [0.3, 0.4) is 0 Å². The summed E-state index contributed by atoms with van der Waals surface area (Å²) in [6, 6.07) is 4.57. The number of rotatable bonds is 8. The van der Waals surface area contributed by atoms with Crippen LogP contribution in [0.4, 0.5) is 0 Å². The van der Waals surface area contributed by atoms with Gasteiger partial charge < -0.3 is 19.5 Å². The third-order valence-electron chi connectivity index (χ3n) is 4.36. The Labute approximate surface area is 158 Å². The number of benzene rings is 1. The van der Waals surface area contributed by atoms with Crippen LogP contribution in [0.2, 0.25) is 0 Å². The molecule has 1 fully saturated rings. The van der Waals surface area contributed by atoms with Crippen LogP contribution in [0, 0.1) is 0 Å². The van der Waals surface area contributed by atoms with Crippen molar-refractivity contribution in [3.8, 4) is 11.5 Å². The summed E-state index contributed by atoms with van der Waals surface area (Å²) in [4.78, 5) is 24.2. The van der Waals surface area contributed by atoms with Crippen molar-refractivity contribution in [3.63, 3.8) is 0 Å². The van der Waals surface area contributed by atoms with Crippen molar-refractivity contribution in [3.05, 3.63) is 18.2 Å². The van der Waals surface area contributed by atoms with Crippen molar-refractivity contribution in [2.24, 2.45) is 0 Å². The first-order chi connectivity index (χ1) is 12.8. The van der Waals surface area contributed by atoms with Crippen molar-refractivity contribution in [1.29, 1.82) is 0 Å². The maximum absolute atomic E-state index is 13.0. The number of aliphatic carboxylic acids is 1. The number of carboxylic acid groups (broad SMARTS) is 1. The largest absolute Gasteiger partial charge is 0.497 e. The van der Waals surface area contributed by atoms with E-state index in [1.807, 2.05) is 0 Å². The number of carboxylic acids is 1. The summed E-state index contributed by atoms with van der Waals surface area (Å²) in [5.74, 6) is -0.470. The molecule has 0 aromatic heterocycles. The Hall–Kier alpha value is -2.33. The smallest absolute Gasteiger partial charge is 0.303 e. The van der Waals surface area contributed by atoms with E-state index in [4.69, 9.17) is 14.6 Å². The van der Waals surface area contributed by atoms with E-state index in [-0.39, 0.29) is 62.0 Å². The molecule has 1 aliphatic heterocycles. The number of sulfonamides is 1. The van der Waals surface area contributed by atoms with E-state index < -0.39 is 16.0 Å². The van der Waals surface area contributed by atoms with E-state index in [0.29, 0.717) is 5.75 Å². The number of amides is 1. The van der Waals surface area contributed by atoms with Gasteiger partial charge in [-0.2, -0.15) is 4.31 Å². The Bertz CT molecular complexity index is 786. The van der Waals surface area contributed by atoms with Crippen molar-refractivity contribution in [2.45, 2.75) is 24.2 Å². The lowest BCUT2D eigenvalue weighted by Crippen LogP contribution is -2.50. The van der Waals surface area contributed by atoms with Crippen LogP contribution in [0.1, 0.15) is 19.3 Å². The molecule has 0 radical (unpaired) electrons. The van der Waals surface area contributed by atoms with Gasteiger partial charge in [0, 0.05) is 45.1 Å². The average molecular weight is 400 g/mol. The number of piperazine rings is 1. The van der Waals surface area contributed by atoms with Gasteiger partial charge in [-0.15, -0.1) is 0 Å². The number of hydrogen-bond donors (Lipinski definition) is 1. The van der Waals surface area contributed by atoms with Gasteiger partial charge in [-0.3, -0.25) is 9.59 Å². The quantitative estimate of drug-likeness (QED) is 0.686. The van der Waals surface area contributed by atoms with Crippen LogP contribution in [-0.4, -0.2) is 75.0 Å². The first-order valence-electron chi connectivity index (χ1n) is 8.51. The minimum atomic E-state index is -3.80. The van der Waals surface area contributed by atoms with Gasteiger partial charge in [-0.25, -0.2) is 8.42 Å². The maximum Gasteiger partial charge on any atom is 0.303 e. The maximum atomic E-state index is 13.0. The molecule has 150 valence electrons. The highest BCUT2D eigenvalue weighted by Crippen LogP contribution is 2.31. The molecule has 0 atom stereocenters. The third kappa shape index (κ3) is 5.10. The van der Waals surface area contributed by atoms with Gasteiger partial charge in [-0.05, 0) is 18.6 Å². The number of carbonyl (C=O) groups is 2. The topological polar surface area (TPSA) is 113 Å². The molecule has 1 aliphatic rings. The molecule has 1 aromatic carbocycles. The fraction of sp³-hybridized carbons (Fsp3) is 0.529. The second kappa shape index (κ2) is 9.05. The molecule has 1 heterocycles. The first kappa shape index (κ1) is 21.0. The molecular formula is C17H24N2O7S. The number of carbonyl (C=O) groups excluding carboxylic acids is 1. The van der Waals surface area contributed by atoms with E-state index in [0.717, 1.165) is 0 Å². The molecule has 9 nitrogen and oxygen atoms in total. The zero-order chi connectivity index (χ0) is 20.0. The molecule has 0 bridgehead atoms. The first-order valence-corrected chi connectivity index (χ1v) is 9.95. The van der Waals surface area contributed by atoms with E-state index in [1.165, 1.54) is 30.7 Å². The van der Waals surface area contributed by atoms with Crippen molar-refractivity contribution < 1.29 is 32.6 Å². The minimum absolute atomic E-state index is 0.0191. The SMILES string of the molecule is COc1ccc(OC)c(S(=O)(=O)N2CCN(C(=O)CCCC(=O)O)CC2)c1. The predicted octanol–water partition coefficient (Wildman–Crippen LogP) is 0.792. The number of methoxy groups -OCH3 is 2. The van der Waals surface area contributed by atoms with E-state index in [1.54, 1.807) is 11.0 Å². The van der Waals surface area contributed by atoms with Crippen LogP contribution in [0.5, 0.6) is 11.5 Å². The summed E-state index contributed by atoms with van der Waals surface area (Å²) in [5.41, 5.74) is 0. The summed E-state index contributed by atoms with van der Waals surface area (Å²) >= 11 is 0. The second-order valence-electron chi connectivity index (χ2n) is 6.05. The summed E-state index contributed by atoms with van der Waals surface area (Å²) < 4.78 is 37.5. The van der Waals surface area contributed by atoms with Crippen molar-refractivity contribution in [2.75, 3.05) is 40.4 Å². The van der Waals surface area contributed by atoms with Crippen LogP contribution >= 0.6 is 0 Å². The number of hydrogen-bond acceptors (Lipinski definition) is 6. The van der Waals surface area contributed by atoms with Crippen LogP contribution in [0.15, 0.2) is 23.1 Å². The molecule has 0 spiro atoms. The molecule has 1 amide bonds. The molecule has 1 N–H and O–H groups in total. The highest BCUT2D eigenvalue weighted by Gasteiger charge is 2.32. The number of ether oxygens (including phenoxy) is 2.